The van der Waals surface area contributed by atoms with E-state index in [0.717, 1.165) is 26.3 Å². The van der Waals surface area contributed by atoms with Crippen LogP contribution < -0.4 is 10.6 Å². The van der Waals surface area contributed by atoms with Crippen molar-refractivity contribution < 1.29 is 4.79 Å². The van der Waals surface area contributed by atoms with Crippen LogP contribution in [0.3, 0.4) is 0 Å². The zero-order valence-electron chi connectivity index (χ0n) is 15.0. The van der Waals surface area contributed by atoms with E-state index in [4.69, 9.17) is 0 Å². The Morgan fingerprint density at radius 2 is 2.04 bits per heavy atom. The minimum atomic E-state index is -0.235. The fraction of sp³-hybridized carbons (Fsp3) is 0.500. The predicted molar refractivity (Wildman–Crippen MR) is 106 cm³/mol. The second kappa shape index (κ2) is 7.74. The van der Waals surface area contributed by atoms with Gasteiger partial charge in [-0.15, -0.1) is 10.2 Å². The van der Waals surface area contributed by atoms with Gasteiger partial charge in [-0.05, 0) is 43.7 Å². The third-order valence-electron chi connectivity index (χ3n) is 4.13. The van der Waals surface area contributed by atoms with Gasteiger partial charge in [0.1, 0.15) is 0 Å². The number of benzene rings is 1. The highest BCUT2D eigenvalue weighted by Gasteiger charge is 2.23. The van der Waals surface area contributed by atoms with Gasteiger partial charge in [-0.25, -0.2) is 0 Å². The number of carbonyl (C=O) groups is 1. The molecule has 5 nitrogen and oxygen atoms in total. The van der Waals surface area contributed by atoms with Crippen molar-refractivity contribution in [1.82, 2.24) is 10.2 Å². The number of nitrogens with one attached hydrogen (secondary N) is 2. The first-order chi connectivity index (χ1) is 11.9. The minimum Gasteiger partial charge on any atom is -0.357 e. The molecule has 1 atom stereocenters. The second-order valence-corrected chi connectivity index (χ2v) is 9.30. The predicted octanol–water partition coefficient (Wildman–Crippen LogP) is 4.66. The molecule has 134 valence electrons. The highest BCUT2D eigenvalue weighted by molar-refractivity contribution is 8.02. The van der Waals surface area contributed by atoms with E-state index in [0.29, 0.717) is 12.0 Å². The number of hydrogen-bond acceptors (Lipinski definition) is 6. The highest BCUT2D eigenvalue weighted by atomic mass is 32.2. The summed E-state index contributed by atoms with van der Waals surface area (Å²) in [4.78, 5) is 12.6. The quantitative estimate of drug-likeness (QED) is 0.688. The highest BCUT2D eigenvalue weighted by Crippen LogP contribution is 2.33. The summed E-state index contributed by atoms with van der Waals surface area (Å²) in [6.07, 6.45) is 2.41. The van der Waals surface area contributed by atoms with Gasteiger partial charge in [-0.2, -0.15) is 0 Å². The standard InChI is InChI=1S/C18H24N4OS2/c1-10(2)14-7-5-6-11(3)15(14)20-16(23)12(4)24-18-22-21-17(25-18)19-13-8-9-13/h5-7,10,12-13H,8-9H2,1-4H3,(H,19,21)(H,20,23). The number of rotatable bonds is 7. The lowest BCUT2D eigenvalue weighted by Crippen LogP contribution is -2.23. The number of anilines is 2. The van der Waals surface area contributed by atoms with Crippen LogP contribution in [0.2, 0.25) is 0 Å². The summed E-state index contributed by atoms with van der Waals surface area (Å²) >= 11 is 2.97. The molecule has 1 heterocycles. The summed E-state index contributed by atoms with van der Waals surface area (Å²) in [5.74, 6) is 0.352. The maximum absolute atomic E-state index is 12.6. The first-order valence-electron chi connectivity index (χ1n) is 8.61. The fourth-order valence-corrected chi connectivity index (χ4v) is 4.46. The molecule has 0 radical (unpaired) electrons. The Hall–Kier alpha value is -1.60. The molecule has 2 aromatic rings. The van der Waals surface area contributed by atoms with Gasteiger partial charge in [0, 0.05) is 11.7 Å². The van der Waals surface area contributed by atoms with Crippen LogP contribution >= 0.6 is 23.1 Å². The second-order valence-electron chi connectivity index (χ2n) is 6.73. The van der Waals surface area contributed by atoms with E-state index < -0.39 is 0 Å². The van der Waals surface area contributed by atoms with E-state index in [1.807, 2.05) is 26.0 Å². The molecule has 1 aromatic heterocycles. The van der Waals surface area contributed by atoms with Crippen LogP contribution in [0.4, 0.5) is 10.8 Å². The molecule has 25 heavy (non-hydrogen) atoms. The van der Waals surface area contributed by atoms with Gasteiger partial charge in [0.25, 0.3) is 0 Å². The molecule has 7 heteroatoms. The van der Waals surface area contributed by atoms with E-state index in [1.54, 1.807) is 0 Å². The molecule has 2 N–H and O–H groups in total. The smallest absolute Gasteiger partial charge is 0.237 e. The monoisotopic (exact) mass is 376 g/mol. The van der Waals surface area contributed by atoms with Crippen LogP contribution in [-0.2, 0) is 4.79 Å². The number of nitrogens with zero attached hydrogens (tertiary/aromatic N) is 2. The minimum absolute atomic E-state index is 0.00639. The number of amides is 1. The summed E-state index contributed by atoms with van der Waals surface area (Å²) < 4.78 is 0.819. The Labute approximate surface area is 157 Å². The van der Waals surface area contributed by atoms with Crippen LogP contribution in [0.1, 0.15) is 50.7 Å². The van der Waals surface area contributed by atoms with Crippen molar-refractivity contribution in [3.05, 3.63) is 29.3 Å². The van der Waals surface area contributed by atoms with Gasteiger partial charge in [-0.1, -0.05) is 55.1 Å². The molecular weight excluding hydrogens is 352 g/mol. The summed E-state index contributed by atoms with van der Waals surface area (Å²) in [5.41, 5.74) is 3.18. The first kappa shape index (κ1) is 18.2. The molecule has 1 amide bonds. The number of hydrogen-bond donors (Lipinski definition) is 2. The van der Waals surface area contributed by atoms with Crippen LogP contribution in [0.25, 0.3) is 0 Å². The molecule has 1 aliphatic carbocycles. The Balaban J connectivity index is 1.63. The summed E-state index contributed by atoms with van der Waals surface area (Å²) in [6.45, 7) is 8.21. The third kappa shape index (κ3) is 4.73. The van der Waals surface area contributed by atoms with Crippen LogP contribution in [-0.4, -0.2) is 27.4 Å². The molecule has 1 saturated carbocycles. The van der Waals surface area contributed by atoms with Crippen LogP contribution in [0.15, 0.2) is 22.5 Å². The average molecular weight is 377 g/mol. The summed E-state index contributed by atoms with van der Waals surface area (Å²) in [7, 11) is 0. The van der Waals surface area contributed by atoms with E-state index in [2.05, 4.69) is 40.7 Å². The number of carbonyl (C=O) groups excluding carboxylic acids is 1. The fourth-order valence-electron chi connectivity index (χ4n) is 2.49. The Morgan fingerprint density at radius 1 is 1.28 bits per heavy atom. The molecule has 0 bridgehead atoms. The summed E-state index contributed by atoms with van der Waals surface area (Å²) in [6, 6.07) is 6.70. The number of aryl methyl sites for hydroxylation is 1. The number of thioether (sulfide) groups is 1. The molecule has 1 fully saturated rings. The molecule has 0 aliphatic heterocycles. The molecule has 0 spiro atoms. The van der Waals surface area contributed by atoms with E-state index in [1.165, 1.54) is 35.9 Å². The van der Waals surface area contributed by atoms with Crippen molar-refractivity contribution >= 4 is 39.8 Å². The average Bonchev–Trinajstić information content (AvgIpc) is 3.27. The van der Waals surface area contributed by atoms with Crippen molar-refractivity contribution in [1.29, 1.82) is 0 Å². The number of para-hydroxylation sites is 1. The molecular formula is C18H24N4OS2. The van der Waals surface area contributed by atoms with Gasteiger partial charge in [-0.3, -0.25) is 4.79 Å². The summed E-state index contributed by atoms with van der Waals surface area (Å²) in [5, 5.41) is 15.4. The van der Waals surface area contributed by atoms with Gasteiger partial charge < -0.3 is 10.6 Å². The van der Waals surface area contributed by atoms with Crippen LogP contribution in [0, 0.1) is 6.92 Å². The normalized spacial score (nSPS) is 15.2. The van der Waals surface area contributed by atoms with Crippen molar-refractivity contribution in [3.63, 3.8) is 0 Å². The largest absolute Gasteiger partial charge is 0.357 e. The zero-order chi connectivity index (χ0) is 18.0. The number of aromatic nitrogens is 2. The van der Waals surface area contributed by atoms with E-state index in [9.17, 15) is 4.79 Å². The lowest BCUT2D eigenvalue weighted by molar-refractivity contribution is -0.115. The molecule has 1 unspecified atom stereocenters. The van der Waals surface area contributed by atoms with Gasteiger partial charge in [0.15, 0.2) is 4.34 Å². The van der Waals surface area contributed by atoms with Gasteiger partial charge in [0.05, 0.1) is 5.25 Å². The Morgan fingerprint density at radius 3 is 2.72 bits per heavy atom. The van der Waals surface area contributed by atoms with Gasteiger partial charge in [0.2, 0.25) is 11.0 Å². The molecule has 1 aromatic carbocycles. The first-order valence-corrected chi connectivity index (χ1v) is 10.3. The molecule has 3 rings (SSSR count). The Bertz CT molecular complexity index is 755. The van der Waals surface area contributed by atoms with Crippen molar-refractivity contribution in [3.8, 4) is 0 Å². The topological polar surface area (TPSA) is 66.9 Å². The zero-order valence-corrected chi connectivity index (χ0v) is 16.6. The van der Waals surface area contributed by atoms with Crippen molar-refractivity contribution in [2.75, 3.05) is 10.6 Å². The van der Waals surface area contributed by atoms with E-state index in [-0.39, 0.29) is 11.2 Å². The Kier molecular flexibility index (Phi) is 5.64. The molecule has 1 aliphatic rings. The maximum Gasteiger partial charge on any atom is 0.237 e. The van der Waals surface area contributed by atoms with E-state index >= 15 is 0 Å². The SMILES string of the molecule is Cc1cccc(C(C)C)c1NC(=O)C(C)Sc1nnc(NC2CC2)s1. The van der Waals surface area contributed by atoms with Gasteiger partial charge >= 0.3 is 0 Å². The lowest BCUT2D eigenvalue weighted by Gasteiger charge is -2.18. The van der Waals surface area contributed by atoms with Crippen molar-refractivity contribution in [2.24, 2.45) is 0 Å². The van der Waals surface area contributed by atoms with Crippen molar-refractivity contribution in [2.45, 2.75) is 62.1 Å². The maximum atomic E-state index is 12.6. The molecule has 0 saturated heterocycles. The lowest BCUT2D eigenvalue weighted by atomic mass is 9.98. The third-order valence-corrected chi connectivity index (χ3v) is 6.17. The van der Waals surface area contributed by atoms with Crippen LogP contribution in [0.5, 0.6) is 0 Å².